The van der Waals surface area contributed by atoms with Crippen molar-refractivity contribution in [1.82, 2.24) is 4.31 Å². The fourth-order valence-corrected chi connectivity index (χ4v) is 7.65. The lowest BCUT2D eigenvalue weighted by molar-refractivity contribution is 0.545. The van der Waals surface area contributed by atoms with E-state index in [1.54, 1.807) is 16.8 Å². The summed E-state index contributed by atoms with van der Waals surface area (Å²) in [6.45, 7) is 6.60. The first kappa shape index (κ1) is 16.5. The monoisotopic (exact) mass is 349 g/mol. The van der Waals surface area contributed by atoms with Crippen molar-refractivity contribution in [3.63, 3.8) is 0 Å². The van der Waals surface area contributed by atoms with Gasteiger partial charge in [0.05, 0.1) is 30.4 Å². The van der Waals surface area contributed by atoms with Crippen molar-refractivity contribution in [3.05, 3.63) is 60.1 Å². The highest BCUT2D eigenvalue weighted by Gasteiger charge is 2.56. The zero-order valence-corrected chi connectivity index (χ0v) is 15.6. The number of furan rings is 1. The molecule has 0 saturated carbocycles. The predicted molar refractivity (Wildman–Crippen MR) is 94.4 cm³/mol. The molecule has 1 unspecified atom stereocenters. The number of hydrogen-bond donors (Lipinski definition) is 0. The fraction of sp³-hybridized carbons (Fsp3) is 0.412. The summed E-state index contributed by atoms with van der Waals surface area (Å²) in [6, 6.07) is 12.2. The van der Waals surface area contributed by atoms with Crippen molar-refractivity contribution in [1.29, 1.82) is 0 Å². The highest BCUT2D eigenvalue weighted by molar-refractivity contribution is 7.89. The first-order valence-corrected chi connectivity index (χ1v) is 13.2. The third kappa shape index (κ3) is 3.59. The van der Waals surface area contributed by atoms with Crippen LogP contribution in [0.3, 0.4) is 0 Å². The lowest BCUT2D eigenvalue weighted by Crippen LogP contribution is -2.26. The molecule has 0 spiro atoms. The van der Waals surface area contributed by atoms with Crippen LogP contribution in [0.1, 0.15) is 23.2 Å². The van der Waals surface area contributed by atoms with Crippen LogP contribution in [0.4, 0.5) is 0 Å². The number of hydrogen-bond acceptors (Lipinski definition) is 3. The molecule has 1 aliphatic rings. The number of nitrogens with zero attached hydrogens (tertiary/aromatic N) is 1. The van der Waals surface area contributed by atoms with Crippen LogP contribution in [0.25, 0.3) is 0 Å². The van der Waals surface area contributed by atoms with Gasteiger partial charge in [-0.1, -0.05) is 50.0 Å². The van der Waals surface area contributed by atoms with E-state index in [0.717, 1.165) is 17.2 Å². The van der Waals surface area contributed by atoms with E-state index in [0.29, 0.717) is 0 Å². The van der Waals surface area contributed by atoms with Gasteiger partial charge in [-0.05, 0) is 17.7 Å². The summed E-state index contributed by atoms with van der Waals surface area (Å²) < 4.78 is 32.5. The molecular formula is C17H23NO3SSi. The van der Waals surface area contributed by atoms with Crippen LogP contribution in [0.5, 0.6) is 0 Å². The Bertz CT molecular complexity index is 751. The van der Waals surface area contributed by atoms with Crippen molar-refractivity contribution in [2.45, 2.75) is 37.8 Å². The SMILES string of the molecule is C[Si](C)(C)CCS(=O)(=O)N1[C@H](c2ccoc2)[C@@H]1c1ccccc1. The molecule has 1 aliphatic heterocycles. The molecule has 3 rings (SSSR count). The summed E-state index contributed by atoms with van der Waals surface area (Å²) in [5.74, 6) is 0.237. The van der Waals surface area contributed by atoms with Gasteiger partial charge in [0.25, 0.3) is 0 Å². The van der Waals surface area contributed by atoms with Gasteiger partial charge < -0.3 is 4.42 Å². The van der Waals surface area contributed by atoms with E-state index in [1.807, 2.05) is 36.4 Å². The van der Waals surface area contributed by atoms with Gasteiger partial charge in [0, 0.05) is 13.6 Å². The normalized spacial score (nSPS) is 24.6. The van der Waals surface area contributed by atoms with Gasteiger partial charge in [-0.25, -0.2) is 8.42 Å². The van der Waals surface area contributed by atoms with E-state index in [1.165, 1.54) is 0 Å². The molecule has 0 bridgehead atoms. The zero-order valence-electron chi connectivity index (χ0n) is 13.8. The minimum absolute atomic E-state index is 0.111. The van der Waals surface area contributed by atoms with Crippen molar-refractivity contribution in [2.75, 3.05) is 5.75 Å². The molecule has 0 radical (unpaired) electrons. The van der Waals surface area contributed by atoms with Crippen molar-refractivity contribution < 1.29 is 12.8 Å². The molecular weight excluding hydrogens is 326 g/mol. The molecule has 4 nitrogen and oxygen atoms in total. The molecule has 124 valence electrons. The van der Waals surface area contributed by atoms with Crippen LogP contribution in [0, 0.1) is 0 Å². The van der Waals surface area contributed by atoms with E-state index in [9.17, 15) is 8.42 Å². The quantitative estimate of drug-likeness (QED) is 0.584. The Morgan fingerprint density at radius 1 is 1.04 bits per heavy atom. The van der Waals surface area contributed by atoms with E-state index < -0.39 is 18.1 Å². The second-order valence-electron chi connectivity index (χ2n) is 7.31. The van der Waals surface area contributed by atoms with Crippen molar-refractivity contribution in [2.24, 2.45) is 0 Å². The second-order valence-corrected chi connectivity index (χ2v) is 14.9. The molecule has 0 aliphatic carbocycles. The zero-order chi connectivity index (χ0) is 16.7. The van der Waals surface area contributed by atoms with Gasteiger partial charge in [0.2, 0.25) is 10.0 Å². The average Bonchev–Trinajstić information content (AvgIpc) is 3.03. The molecule has 3 atom stereocenters. The topological polar surface area (TPSA) is 50.3 Å². The first-order valence-electron chi connectivity index (χ1n) is 7.88. The number of rotatable bonds is 6. The van der Waals surface area contributed by atoms with Crippen LogP contribution in [0.15, 0.2) is 53.3 Å². The van der Waals surface area contributed by atoms with E-state index in [4.69, 9.17) is 4.42 Å². The van der Waals surface area contributed by atoms with Crippen LogP contribution >= 0.6 is 0 Å². The maximum atomic E-state index is 12.8. The summed E-state index contributed by atoms with van der Waals surface area (Å²) in [5, 5.41) is 0. The molecule has 6 heteroatoms. The Hall–Kier alpha value is -1.37. The molecule has 1 saturated heterocycles. The smallest absolute Gasteiger partial charge is 0.215 e. The maximum Gasteiger partial charge on any atom is 0.215 e. The Kier molecular flexibility index (Phi) is 4.24. The van der Waals surface area contributed by atoms with Crippen LogP contribution in [-0.2, 0) is 10.0 Å². The highest BCUT2D eigenvalue weighted by Crippen LogP contribution is 2.56. The maximum absolute atomic E-state index is 12.8. The van der Waals surface area contributed by atoms with Crippen LogP contribution in [-0.4, -0.2) is 26.5 Å². The van der Waals surface area contributed by atoms with E-state index in [2.05, 4.69) is 19.6 Å². The summed E-state index contributed by atoms with van der Waals surface area (Å²) in [4.78, 5) is 0. The number of sulfonamides is 1. The van der Waals surface area contributed by atoms with E-state index in [-0.39, 0.29) is 17.8 Å². The summed E-state index contributed by atoms with van der Waals surface area (Å²) >= 11 is 0. The second kappa shape index (κ2) is 5.92. The molecule has 0 N–H and O–H groups in total. The lowest BCUT2D eigenvalue weighted by Gasteiger charge is -2.16. The largest absolute Gasteiger partial charge is 0.472 e. The van der Waals surface area contributed by atoms with Crippen LogP contribution < -0.4 is 0 Å². The summed E-state index contributed by atoms with van der Waals surface area (Å²) in [6.07, 6.45) is 3.25. The molecule has 1 aromatic carbocycles. The van der Waals surface area contributed by atoms with Gasteiger partial charge in [-0.2, -0.15) is 4.31 Å². The molecule has 23 heavy (non-hydrogen) atoms. The Morgan fingerprint density at radius 3 is 2.26 bits per heavy atom. The number of benzene rings is 1. The minimum atomic E-state index is -3.27. The van der Waals surface area contributed by atoms with Gasteiger partial charge in [-0.15, -0.1) is 0 Å². The Balaban J connectivity index is 1.87. The molecule has 2 heterocycles. The third-order valence-corrected chi connectivity index (χ3v) is 8.14. The van der Waals surface area contributed by atoms with E-state index >= 15 is 0 Å². The van der Waals surface area contributed by atoms with Gasteiger partial charge in [0.15, 0.2) is 0 Å². The summed E-state index contributed by atoms with van der Waals surface area (Å²) in [5.41, 5.74) is 1.96. The first-order chi connectivity index (χ1) is 10.8. The van der Waals surface area contributed by atoms with Crippen molar-refractivity contribution in [3.8, 4) is 0 Å². The minimum Gasteiger partial charge on any atom is -0.472 e. The fourth-order valence-electron chi connectivity index (χ4n) is 2.85. The lowest BCUT2D eigenvalue weighted by atomic mass is 10.1. The Morgan fingerprint density at radius 2 is 1.70 bits per heavy atom. The average molecular weight is 350 g/mol. The van der Waals surface area contributed by atoms with Gasteiger partial charge in [-0.3, -0.25) is 0 Å². The molecule has 2 aromatic rings. The third-order valence-electron chi connectivity index (χ3n) is 4.21. The standard InChI is InChI=1S/C17H23NO3SSi/c1-23(2,3)12-11-22(19,20)18-16(14-7-5-4-6-8-14)17(18)15-9-10-21-13-15/h4-10,13,16-17H,11-12H2,1-3H3/t16-,17+,18?/m0/s1. The molecule has 0 amide bonds. The summed E-state index contributed by atoms with van der Waals surface area (Å²) in [7, 11) is -4.67. The van der Waals surface area contributed by atoms with Crippen molar-refractivity contribution >= 4 is 18.1 Å². The molecule has 1 aromatic heterocycles. The highest BCUT2D eigenvalue weighted by atomic mass is 32.2. The Labute approximate surface area is 139 Å². The van der Waals surface area contributed by atoms with Gasteiger partial charge >= 0.3 is 0 Å². The van der Waals surface area contributed by atoms with Gasteiger partial charge in [0.1, 0.15) is 0 Å². The molecule has 1 fully saturated rings. The predicted octanol–water partition coefficient (Wildman–Crippen LogP) is 4.05. The van der Waals surface area contributed by atoms with Crippen LogP contribution in [0.2, 0.25) is 25.7 Å².